The van der Waals surface area contributed by atoms with Gasteiger partial charge in [0.25, 0.3) is 0 Å². The molecule has 0 amide bonds. The second-order valence-corrected chi connectivity index (χ2v) is 4.50. The van der Waals surface area contributed by atoms with Gasteiger partial charge < -0.3 is 5.73 Å². The van der Waals surface area contributed by atoms with Crippen LogP contribution in [0.1, 0.15) is 16.7 Å². The maximum atomic E-state index is 13.3. The fraction of sp³-hybridized carbons (Fsp3) is 0.200. The molecule has 0 saturated heterocycles. The number of nitrogens with one attached hydrogen (secondary N) is 1. The van der Waals surface area contributed by atoms with Crippen LogP contribution in [0.25, 0.3) is 0 Å². The molecule has 3 N–H and O–H groups in total. The first-order valence-electron chi connectivity index (χ1n) is 4.47. The smallest absolute Gasteiger partial charge is 0.184 e. The van der Waals surface area contributed by atoms with Crippen LogP contribution in [0.5, 0.6) is 0 Å². The highest BCUT2D eigenvalue weighted by Crippen LogP contribution is 2.25. The Balaban J connectivity index is 3.09. The number of aryl methyl sites for hydroxylation is 1. The average molecular weight is 304 g/mol. The molecule has 1 rings (SSSR count). The van der Waals surface area contributed by atoms with E-state index in [0.29, 0.717) is 4.47 Å². The lowest BCUT2D eigenvalue weighted by Crippen LogP contribution is -2.24. The summed E-state index contributed by atoms with van der Waals surface area (Å²) in [6.07, 6.45) is 1.56. The van der Waals surface area contributed by atoms with Crippen molar-refractivity contribution in [1.29, 1.82) is 0 Å². The van der Waals surface area contributed by atoms with E-state index in [1.807, 2.05) is 13.8 Å². The molecule has 0 saturated carbocycles. The summed E-state index contributed by atoms with van der Waals surface area (Å²) in [5.74, 6) is -0.283. The summed E-state index contributed by atoms with van der Waals surface area (Å²) in [4.78, 5) is 0. The minimum Gasteiger partial charge on any atom is -0.375 e. The number of hydrazone groups is 1. The Hall–Kier alpha value is -1.01. The number of hydrogen-bond donors (Lipinski definition) is 2. The van der Waals surface area contributed by atoms with Gasteiger partial charge in [0, 0.05) is 5.56 Å². The third-order valence-corrected chi connectivity index (χ3v) is 3.14. The van der Waals surface area contributed by atoms with Crippen molar-refractivity contribution in [3.63, 3.8) is 0 Å². The largest absolute Gasteiger partial charge is 0.375 e. The van der Waals surface area contributed by atoms with Crippen molar-refractivity contribution in [3.05, 3.63) is 33.0 Å². The Kier molecular flexibility index (Phi) is 4.37. The number of halogens is 2. The predicted octanol–water partition coefficient (Wildman–Crippen LogP) is 2.37. The molecule has 3 nitrogen and oxygen atoms in total. The van der Waals surface area contributed by atoms with Crippen molar-refractivity contribution in [2.24, 2.45) is 10.8 Å². The Bertz CT molecular complexity index is 460. The van der Waals surface area contributed by atoms with E-state index in [2.05, 4.69) is 38.7 Å². The molecule has 0 bridgehead atoms. The van der Waals surface area contributed by atoms with Crippen LogP contribution in [0.4, 0.5) is 4.39 Å². The Morgan fingerprint density at radius 1 is 1.62 bits per heavy atom. The van der Waals surface area contributed by atoms with Crippen LogP contribution < -0.4 is 11.2 Å². The van der Waals surface area contributed by atoms with Crippen LogP contribution in [-0.4, -0.2) is 11.3 Å². The van der Waals surface area contributed by atoms with Crippen LogP contribution in [0, 0.1) is 19.7 Å². The number of rotatable bonds is 2. The minimum atomic E-state index is -0.283. The molecule has 0 aromatic heterocycles. The van der Waals surface area contributed by atoms with Crippen molar-refractivity contribution in [2.45, 2.75) is 13.8 Å². The molecule has 0 radical (unpaired) electrons. The molecule has 0 spiro atoms. The van der Waals surface area contributed by atoms with Gasteiger partial charge in [-0.1, -0.05) is 0 Å². The van der Waals surface area contributed by atoms with E-state index in [-0.39, 0.29) is 10.9 Å². The van der Waals surface area contributed by atoms with Crippen LogP contribution in [0.3, 0.4) is 0 Å². The standard InChI is InChI=1S/C10H11BrFN3S/c1-5-3-8(12)9(11)6(2)7(5)4-14-15-10(13)16/h3-4H,1-2H3,(H3,13,15,16). The molecule has 86 valence electrons. The molecule has 0 heterocycles. The van der Waals surface area contributed by atoms with Gasteiger partial charge in [0.2, 0.25) is 0 Å². The number of nitrogens with zero attached hydrogens (tertiary/aromatic N) is 1. The van der Waals surface area contributed by atoms with Gasteiger partial charge in [0.05, 0.1) is 10.7 Å². The second kappa shape index (κ2) is 5.36. The van der Waals surface area contributed by atoms with Crippen LogP contribution in [0.2, 0.25) is 0 Å². The predicted molar refractivity (Wildman–Crippen MR) is 71.1 cm³/mol. The van der Waals surface area contributed by atoms with Crippen molar-refractivity contribution in [3.8, 4) is 0 Å². The first-order chi connectivity index (χ1) is 7.43. The lowest BCUT2D eigenvalue weighted by atomic mass is 10.0. The summed E-state index contributed by atoms with van der Waals surface area (Å²) in [6, 6.07) is 1.44. The van der Waals surface area contributed by atoms with Gasteiger partial charge in [-0.2, -0.15) is 5.10 Å². The summed E-state index contributed by atoms with van der Waals surface area (Å²) in [6.45, 7) is 3.62. The fourth-order valence-electron chi connectivity index (χ4n) is 1.28. The van der Waals surface area contributed by atoms with E-state index in [1.54, 1.807) is 6.21 Å². The topological polar surface area (TPSA) is 50.4 Å². The van der Waals surface area contributed by atoms with Crippen molar-refractivity contribution >= 4 is 39.5 Å². The van der Waals surface area contributed by atoms with Gasteiger partial charge in [-0.3, -0.25) is 5.43 Å². The molecule has 0 fully saturated rings. The van der Waals surface area contributed by atoms with Gasteiger partial charge >= 0.3 is 0 Å². The van der Waals surface area contributed by atoms with E-state index in [1.165, 1.54) is 6.07 Å². The quantitative estimate of drug-likeness (QED) is 0.501. The first-order valence-corrected chi connectivity index (χ1v) is 5.67. The van der Waals surface area contributed by atoms with E-state index < -0.39 is 0 Å². The van der Waals surface area contributed by atoms with Crippen LogP contribution in [0.15, 0.2) is 15.6 Å². The average Bonchev–Trinajstić information content (AvgIpc) is 2.19. The fourth-order valence-corrected chi connectivity index (χ4v) is 1.66. The van der Waals surface area contributed by atoms with Crippen molar-refractivity contribution in [2.75, 3.05) is 0 Å². The highest BCUT2D eigenvalue weighted by Gasteiger charge is 2.09. The second-order valence-electron chi connectivity index (χ2n) is 3.26. The molecular weight excluding hydrogens is 293 g/mol. The Morgan fingerprint density at radius 2 is 2.25 bits per heavy atom. The number of hydrogen-bond acceptors (Lipinski definition) is 2. The Morgan fingerprint density at radius 3 is 2.81 bits per heavy atom. The van der Waals surface area contributed by atoms with E-state index in [4.69, 9.17) is 5.73 Å². The molecule has 0 unspecified atom stereocenters. The van der Waals surface area contributed by atoms with Gasteiger partial charge in [-0.25, -0.2) is 4.39 Å². The maximum Gasteiger partial charge on any atom is 0.184 e. The molecule has 0 atom stereocenters. The molecule has 1 aromatic rings. The van der Waals surface area contributed by atoms with Crippen molar-refractivity contribution in [1.82, 2.24) is 5.43 Å². The van der Waals surface area contributed by atoms with Crippen LogP contribution in [-0.2, 0) is 0 Å². The highest BCUT2D eigenvalue weighted by atomic mass is 79.9. The summed E-state index contributed by atoms with van der Waals surface area (Å²) < 4.78 is 13.8. The van der Waals surface area contributed by atoms with Crippen LogP contribution >= 0.6 is 28.1 Å². The monoisotopic (exact) mass is 303 g/mol. The molecular formula is C10H11BrFN3S. The summed E-state index contributed by atoms with van der Waals surface area (Å²) in [5, 5.41) is 3.94. The lowest BCUT2D eigenvalue weighted by molar-refractivity contribution is 0.618. The molecule has 0 aliphatic carbocycles. The Labute approximate surface area is 107 Å². The number of thiocarbonyl (C=S) groups is 1. The zero-order valence-corrected chi connectivity index (χ0v) is 11.2. The molecule has 0 aliphatic heterocycles. The third-order valence-electron chi connectivity index (χ3n) is 2.08. The van der Waals surface area contributed by atoms with E-state index >= 15 is 0 Å². The van der Waals surface area contributed by atoms with Gasteiger partial charge in [-0.15, -0.1) is 0 Å². The van der Waals surface area contributed by atoms with Gasteiger partial charge in [-0.05, 0) is 59.2 Å². The summed E-state index contributed by atoms with van der Waals surface area (Å²) in [7, 11) is 0. The van der Waals surface area contributed by atoms with Crippen molar-refractivity contribution < 1.29 is 4.39 Å². The molecule has 6 heteroatoms. The highest BCUT2D eigenvalue weighted by molar-refractivity contribution is 9.10. The number of benzene rings is 1. The first kappa shape index (κ1) is 13.1. The van der Waals surface area contributed by atoms with E-state index in [0.717, 1.165) is 16.7 Å². The maximum absolute atomic E-state index is 13.3. The normalized spacial score (nSPS) is 10.8. The zero-order chi connectivity index (χ0) is 12.3. The molecule has 1 aromatic carbocycles. The summed E-state index contributed by atoms with van der Waals surface area (Å²) >= 11 is 7.78. The van der Waals surface area contributed by atoms with Gasteiger partial charge in [0.1, 0.15) is 5.82 Å². The minimum absolute atomic E-state index is 0.0905. The zero-order valence-electron chi connectivity index (χ0n) is 8.84. The number of nitrogens with two attached hydrogens (primary N) is 1. The third kappa shape index (κ3) is 2.99. The molecule has 0 aliphatic rings. The summed E-state index contributed by atoms with van der Waals surface area (Å²) in [5.41, 5.74) is 10.1. The SMILES string of the molecule is Cc1cc(F)c(Br)c(C)c1C=NNC(N)=S. The van der Waals surface area contributed by atoms with Gasteiger partial charge in [0.15, 0.2) is 5.11 Å². The molecule has 16 heavy (non-hydrogen) atoms. The van der Waals surface area contributed by atoms with E-state index in [9.17, 15) is 4.39 Å². The lowest BCUT2D eigenvalue weighted by Gasteiger charge is -2.08.